The minimum Gasteiger partial charge on any atom is -0.451 e. The lowest BCUT2D eigenvalue weighted by Crippen LogP contribution is -1.93. The van der Waals surface area contributed by atoms with Crippen LogP contribution in [0.15, 0.2) is 0 Å². The van der Waals surface area contributed by atoms with Crippen LogP contribution in [0.2, 0.25) is 75.3 Å². The van der Waals surface area contributed by atoms with Crippen molar-refractivity contribution >= 4 is 174 Å². The molecule has 3 aromatic rings. The maximum Gasteiger partial charge on any atom is 0.167 e. The summed E-state index contributed by atoms with van der Waals surface area (Å²) in [6, 6.07) is 0. The largest absolute Gasteiger partial charge is 0.451 e. The number of ether oxygens (including phenoxy) is 1. The van der Waals surface area contributed by atoms with Crippen molar-refractivity contribution in [2.45, 2.75) is 6.61 Å². The molecule has 0 unspecified atom stereocenters. The normalized spacial score (nSPS) is 10.9. The number of aliphatic hydroxyl groups is 1. The van der Waals surface area contributed by atoms with Crippen LogP contribution in [0.5, 0.6) is 11.5 Å². The van der Waals surface area contributed by atoms with Gasteiger partial charge in [-0.25, -0.2) is 0 Å². The summed E-state index contributed by atoms with van der Waals surface area (Å²) >= 11 is 88.6. The average molecular weight is 795 g/mol. The van der Waals surface area contributed by atoms with Gasteiger partial charge in [0, 0.05) is 5.56 Å². The van der Waals surface area contributed by atoms with Crippen molar-refractivity contribution < 1.29 is 9.84 Å². The Balaban J connectivity index is 0.000000297. The van der Waals surface area contributed by atoms with E-state index in [0.717, 1.165) is 0 Å². The highest BCUT2D eigenvalue weighted by Gasteiger charge is 2.26. The van der Waals surface area contributed by atoms with Crippen molar-refractivity contribution in [3.05, 3.63) is 80.9 Å². The van der Waals surface area contributed by atoms with Gasteiger partial charge in [-0.05, 0) is 0 Å². The van der Waals surface area contributed by atoms with Crippen molar-refractivity contribution in [1.29, 1.82) is 0 Å². The number of hydrogen-bond acceptors (Lipinski definition) is 2. The molecule has 0 amide bonds. The minimum absolute atomic E-state index is 0.0277. The van der Waals surface area contributed by atoms with Crippen LogP contribution < -0.4 is 4.74 Å². The molecule has 0 aromatic heterocycles. The van der Waals surface area contributed by atoms with E-state index in [9.17, 15) is 0 Å². The molecule has 3 aromatic carbocycles. The lowest BCUT2D eigenvalue weighted by molar-refractivity contribution is 0.282. The third-order valence-electron chi connectivity index (χ3n) is 4.00. The van der Waals surface area contributed by atoms with Gasteiger partial charge in [-0.3, -0.25) is 0 Å². The van der Waals surface area contributed by atoms with Gasteiger partial charge >= 0.3 is 0 Å². The highest BCUT2D eigenvalue weighted by Crippen LogP contribution is 2.54. The molecule has 0 spiro atoms. The first kappa shape index (κ1) is 34.0. The second-order valence-corrected chi connectivity index (χ2v) is 11.8. The maximum absolute atomic E-state index is 8.91. The predicted molar refractivity (Wildman–Crippen MR) is 160 cm³/mol. The van der Waals surface area contributed by atoms with Crippen LogP contribution >= 0.6 is 174 Å². The van der Waals surface area contributed by atoms with Crippen molar-refractivity contribution in [3.8, 4) is 11.5 Å². The Morgan fingerprint density at radius 1 is 0.333 bits per heavy atom. The Hall–Kier alpha value is 1.77. The zero-order valence-electron chi connectivity index (χ0n) is 16.2. The highest BCUT2D eigenvalue weighted by atomic mass is 35.5. The Bertz CT molecular complexity index is 1200. The lowest BCUT2D eigenvalue weighted by Gasteiger charge is -2.17. The molecule has 36 heavy (non-hydrogen) atoms. The first-order valence-electron chi connectivity index (χ1n) is 8.41. The van der Waals surface area contributed by atoms with Crippen molar-refractivity contribution in [2.24, 2.45) is 0 Å². The van der Waals surface area contributed by atoms with Crippen molar-refractivity contribution in [1.82, 2.24) is 0 Å². The van der Waals surface area contributed by atoms with E-state index in [1.165, 1.54) is 0 Å². The van der Waals surface area contributed by atoms with Gasteiger partial charge in [-0.15, -0.1) is 0 Å². The molecule has 0 saturated carbocycles. The SMILES string of the molecule is Clc1c(Cl)c(Cl)c(Oc2c(Cl)c(Cl)c(Cl)c(Cl)c2Cl)c(Cl)c1Cl.OCc1c(Cl)c(Cl)c(Cl)c(Cl)c1Cl. The van der Waals surface area contributed by atoms with Gasteiger partial charge in [-0.2, -0.15) is 0 Å². The lowest BCUT2D eigenvalue weighted by atomic mass is 10.2. The van der Waals surface area contributed by atoms with Crippen LogP contribution in [-0.4, -0.2) is 5.11 Å². The molecule has 0 aliphatic rings. The molecule has 0 aliphatic carbocycles. The molecule has 2 nitrogen and oxygen atoms in total. The molecule has 0 radical (unpaired) electrons. The zero-order chi connectivity index (χ0) is 27.8. The molecular formula is C19H3Cl15O2. The molecule has 0 bridgehead atoms. The smallest absolute Gasteiger partial charge is 0.167 e. The summed E-state index contributed by atoms with van der Waals surface area (Å²) in [6.07, 6.45) is 0. The van der Waals surface area contributed by atoms with E-state index in [-0.39, 0.29) is 99.0 Å². The van der Waals surface area contributed by atoms with Crippen molar-refractivity contribution in [2.75, 3.05) is 0 Å². The Morgan fingerprint density at radius 3 is 0.750 bits per heavy atom. The first-order valence-corrected chi connectivity index (χ1v) is 14.1. The summed E-state index contributed by atoms with van der Waals surface area (Å²) in [5.74, 6) is -0.239. The van der Waals surface area contributed by atoms with Crippen LogP contribution in [0.4, 0.5) is 0 Å². The standard InChI is InChI=1S/C12Cl10O.C7H3Cl5O/c13-1-3(15)7(19)11(8(20)4(1)16)23-12-9(21)5(17)2(14)6(18)10(12)22;8-3-2(1-13)4(9)6(11)7(12)5(3)10/h;13H,1H2. The van der Waals surface area contributed by atoms with Gasteiger partial charge in [0.2, 0.25) is 0 Å². The van der Waals surface area contributed by atoms with Crippen LogP contribution in [0.25, 0.3) is 0 Å². The third-order valence-corrected chi connectivity index (χ3v) is 10.8. The summed E-state index contributed by atoms with van der Waals surface area (Å²) in [5.41, 5.74) is 0.280. The average Bonchev–Trinajstić information content (AvgIpc) is 2.86. The van der Waals surface area contributed by atoms with Gasteiger partial charge in [0.25, 0.3) is 0 Å². The van der Waals surface area contributed by atoms with Crippen LogP contribution in [0, 0.1) is 0 Å². The number of halogens is 15. The molecule has 0 atom stereocenters. The summed E-state index contributed by atoms with van der Waals surface area (Å²) in [5, 5.41) is 8.78. The fourth-order valence-electron chi connectivity index (χ4n) is 2.24. The minimum atomic E-state index is -0.339. The number of rotatable bonds is 3. The molecule has 196 valence electrons. The molecule has 1 N–H and O–H groups in total. The first-order chi connectivity index (χ1) is 16.6. The molecule has 0 aliphatic heterocycles. The van der Waals surface area contributed by atoms with E-state index in [1.54, 1.807) is 0 Å². The zero-order valence-corrected chi connectivity index (χ0v) is 27.6. The van der Waals surface area contributed by atoms with E-state index in [1.807, 2.05) is 0 Å². The molecule has 17 heteroatoms. The second kappa shape index (κ2) is 14.1. The highest BCUT2D eigenvalue weighted by molar-refractivity contribution is 6.58. The molecule has 0 heterocycles. The Kier molecular flexibility index (Phi) is 13.3. The van der Waals surface area contributed by atoms with Gasteiger partial charge in [0.1, 0.15) is 20.1 Å². The number of benzene rings is 3. The summed E-state index contributed by atoms with van der Waals surface area (Å²) in [4.78, 5) is 0. The van der Waals surface area contributed by atoms with E-state index >= 15 is 0 Å². The van der Waals surface area contributed by atoms with E-state index in [0.29, 0.717) is 0 Å². The number of aliphatic hydroxyl groups excluding tert-OH is 1. The third kappa shape index (κ3) is 6.80. The monoisotopic (exact) mass is 788 g/mol. The number of hydrogen-bond donors (Lipinski definition) is 1. The predicted octanol–water partition coefficient (Wildman–Crippen LogP) is 14.5. The van der Waals surface area contributed by atoms with Crippen LogP contribution in [0.3, 0.4) is 0 Å². The quantitative estimate of drug-likeness (QED) is 0.211. The molecular weight excluding hydrogens is 792 g/mol. The van der Waals surface area contributed by atoms with Crippen LogP contribution in [-0.2, 0) is 6.61 Å². The van der Waals surface area contributed by atoms with E-state index in [2.05, 4.69) is 0 Å². The fraction of sp³-hybridized carbons (Fsp3) is 0.0526. The van der Waals surface area contributed by atoms with Crippen LogP contribution in [0.1, 0.15) is 5.56 Å². The summed E-state index contributed by atoms with van der Waals surface area (Å²) < 4.78 is 5.55. The molecule has 0 saturated heterocycles. The fourth-order valence-corrected chi connectivity index (χ4v) is 5.93. The van der Waals surface area contributed by atoms with Gasteiger partial charge < -0.3 is 9.84 Å². The van der Waals surface area contributed by atoms with E-state index < -0.39 is 0 Å². The Labute approximate surface area is 279 Å². The maximum atomic E-state index is 8.91. The molecule has 0 fully saturated rings. The van der Waals surface area contributed by atoms with Gasteiger partial charge in [-0.1, -0.05) is 174 Å². The topological polar surface area (TPSA) is 29.5 Å². The summed E-state index contributed by atoms with van der Waals surface area (Å²) in [7, 11) is 0. The van der Waals surface area contributed by atoms with Gasteiger partial charge in [0.05, 0.1) is 61.9 Å². The molecule has 3 rings (SSSR count). The second-order valence-electron chi connectivity index (χ2n) is 6.11. The Morgan fingerprint density at radius 2 is 0.528 bits per heavy atom. The van der Waals surface area contributed by atoms with Gasteiger partial charge in [0.15, 0.2) is 11.5 Å². The van der Waals surface area contributed by atoms with Crippen molar-refractivity contribution in [3.63, 3.8) is 0 Å². The van der Waals surface area contributed by atoms with E-state index in [4.69, 9.17) is 184 Å². The summed E-state index contributed by atoms with van der Waals surface area (Å²) in [6.45, 7) is -0.339.